The summed E-state index contributed by atoms with van der Waals surface area (Å²) in [6.45, 7) is 0. The molecule has 0 aliphatic rings. The van der Waals surface area contributed by atoms with Gasteiger partial charge in [-0.1, -0.05) is 0 Å². The zero-order chi connectivity index (χ0) is 8.48. The molecule has 1 aromatic heterocycles. The summed E-state index contributed by atoms with van der Waals surface area (Å²) in [6.07, 6.45) is -3.09. The average Bonchev–Trinajstić information content (AvgIpc) is 2.34. The number of hydrogen-bond acceptors (Lipinski definition) is 3. The maximum atomic E-state index is 11.9. The van der Waals surface area contributed by atoms with Crippen LogP contribution >= 0.6 is 11.3 Å². The standard InChI is InChI=1S/C5H5F3N2S/c6-5(7,8)3(9)4-10-1-2-11-4/h1-3H,9H2/t3-/m1/s1. The van der Waals surface area contributed by atoms with E-state index in [4.69, 9.17) is 5.73 Å². The second-order valence-electron chi connectivity index (χ2n) is 1.89. The van der Waals surface area contributed by atoms with Gasteiger partial charge in [0.15, 0.2) is 6.04 Å². The molecular weight excluding hydrogens is 177 g/mol. The minimum absolute atomic E-state index is 0.0995. The molecule has 1 heterocycles. The molecule has 11 heavy (non-hydrogen) atoms. The molecule has 6 heteroatoms. The number of thiazole rings is 1. The number of rotatable bonds is 1. The van der Waals surface area contributed by atoms with E-state index in [1.165, 1.54) is 11.6 Å². The van der Waals surface area contributed by atoms with Crippen molar-refractivity contribution in [3.8, 4) is 0 Å². The molecule has 0 spiro atoms. The van der Waals surface area contributed by atoms with Gasteiger partial charge in [-0.3, -0.25) is 0 Å². The maximum absolute atomic E-state index is 11.9. The van der Waals surface area contributed by atoms with E-state index < -0.39 is 12.2 Å². The molecule has 0 saturated heterocycles. The molecule has 1 atom stereocenters. The first-order valence-electron chi connectivity index (χ1n) is 2.73. The Morgan fingerprint density at radius 2 is 2.18 bits per heavy atom. The Balaban J connectivity index is 2.78. The highest BCUT2D eigenvalue weighted by atomic mass is 32.1. The van der Waals surface area contributed by atoms with E-state index in [0.29, 0.717) is 0 Å². The van der Waals surface area contributed by atoms with Crippen LogP contribution in [0.5, 0.6) is 0 Å². The lowest BCUT2D eigenvalue weighted by Gasteiger charge is -2.11. The third-order valence-corrected chi connectivity index (χ3v) is 1.93. The largest absolute Gasteiger partial charge is 0.410 e. The first-order chi connectivity index (χ1) is 5.02. The van der Waals surface area contributed by atoms with Crippen LogP contribution in [0.3, 0.4) is 0 Å². The fourth-order valence-corrected chi connectivity index (χ4v) is 1.19. The molecule has 0 aromatic carbocycles. The Morgan fingerprint density at radius 3 is 2.55 bits per heavy atom. The van der Waals surface area contributed by atoms with Crippen LogP contribution in [0, 0.1) is 0 Å². The van der Waals surface area contributed by atoms with Gasteiger partial charge in [-0.25, -0.2) is 4.98 Å². The van der Waals surface area contributed by atoms with Crippen LogP contribution in [-0.2, 0) is 0 Å². The molecular formula is C5H5F3N2S. The van der Waals surface area contributed by atoms with Crippen molar-refractivity contribution in [3.63, 3.8) is 0 Å². The van der Waals surface area contributed by atoms with Crippen LogP contribution in [0.4, 0.5) is 13.2 Å². The van der Waals surface area contributed by atoms with E-state index >= 15 is 0 Å². The molecule has 1 rings (SSSR count). The normalized spacial score (nSPS) is 14.9. The molecule has 0 aliphatic heterocycles. The predicted octanol–water partition coefficient (Wildman–Crippen LogP) is 1.71. The second kappa shape index (κ2) is 2.78. The van der Waals surface area contributed by atoms with E-state index in [0.717, 1.165) is 11.3 Å². The van der Waals surface area contributed by atoms with E-state index in [1.807, 2.05) is 0 Å². The lowest BCUT2D eigenvalue weighted by atomic mass is 10.3. The van der Waals surface area contributed by atoms with Crippen LogP contribution in [0.15, 0.2) is 11.6 Å². The molecule has 0 unspecified atom stereocenters. The number of aromatic nitrogens is 1. The summed E-state index contributed by atoms with van der Waals surface area (Å²) in [6, 6.07) is -1.94. The van der Waals surface area contributed by atoms with Gasteiger partial charge in [-0.2, -0.15) is 13.2 Å². The second-order valence-corrected chi connectivity index (χ2v) is 2.82. The number of nitrogens with zero attached hydrogens (tertiary/aromatic N) is 1. The first kappa shape index (κ1) is 8.48. The van der Waals surface area contributed by atoms with Gasteiger partial charge in [0, 0.05) is 11.6 Å². The first-order valence-corrected chi connectivity index (χ1v) is 3.61. The quantitative estimate of drug-likeness (QED) is 0.718. The van der Waals surface area contributed by atoms with Crippen LogP contribution in [0.25, 0.3) is 0 Å². The fraction of sp³-hybridized carbons (Fsp3) is 0.400. The molecule has 0 bridgehead atoms. The molecule has 0 amide bonds. The van der Waals surface area contributed by atoms with Crippen LogP contribution in [0.1, 0.15) is 11.0 Å². The average molecular weight is 182 g/mol. The van der Waals surface area contributed by atoms with Crippen LogP contribution in [0.2, 0.25) is 0 Å². The van der Waals surface area contributed by atoms with Crippen molar-refractivity contribution >= 4 is 11.3 Å². The predicted molar refractivity (Wildman–Crippen MR) is 35.1 cm³/mol. The summed E-state index contributed by atoms with van der Waals surface area (Å²) in [7, 11) is 0. The van der Waals surface area contributed by atoms with Crippen molar-refractivity contribution in [3.05, 3.63) is 16.6 Å². The zero-order valence-electron chi connectivity index (χ0n) is 5.30. The van der Waals surface area contributed by atoms with E-state index in [2.05, 4.69) is 4.98 Å². The summed E-state index contributed by atoms with van der Waals surface area (Å²) in [5, 5.41) is 1.36. The van der Waals surface area contributed by atoms with Crippen LogP contribution in [-0.4, -0.2) is 11.2 Å². The van der Waals surface area contributed by atoms with E-state index in [-0.39, 0.29) is 5.01 Å². The van der Waals surface area contributed by atoms with Gasteiger partial charge in [0.05, 0.1) is 0 Å². The van der Waals surface area contributed by atoms with Crippen molar-refractivity contribution in [2.45, 2.75) is 12.2 Å². The number of alkyl halides is 3. The van der Waals surface area contributed by atoms with Crippen molar-refractivity contribution in [2.75, 3.05) is 0 Å². The maximum Gasteiger partial charge on any atom is 0.410 e. The third-order valence-electron chi connectivity index (χ3n) is 1.07. The van der Waals surface area contributed by atoms with Crippen molar-refractivity contribution in [2.24, 2.45) is 5.73 Å². The highest BCUT2D eigenvalue weighted by Crippen LogP contribution is 2.30. The molecule has 2 nitrogen and oxygen atoms in total. The Labute approximate surface area is 64.9 Å². The molecule has 0 fully saturated rings. The lowest BCUT2D eigenvalue weighted by Crippen LogP contribution is -2.28. The van der Waals surface area contributed by atoms with Gasteiger partial charge in [-0.15, -0.1) is 11.3 Å². The highest BCUT2D eigenvalue weighted by Gasteiger charge is 2.39. The molecule has 1 aromatic rings. The van der Waals surface area contributed by atoms with Crippen molar-refractivity contribution < 1.29 is 13.2 Å². The molecule has 2 N–H and O–H groups in total. The fourth-order valence-electron chi connectivity index (χ4n) is 0.528. The van der Waals surface area contributed by atoms with E-state index in [9.17, 15) is 13.2 Å². The number of nitrogens with two attached hydrogens (primary N) is 1. The summed E-state index contributed by atoms with van der Waals surface area (Å²) in [5.41, 5.74) is 4.84. The number of halogens is 3. The van der Waals surface area contributed by atoms with Gasteiger partial charge >= 0.3 is 6.18 Å². The Kier molecular flexibility index (Phi) is 2.15. The third kappa shape index (κ3) is 1.90. The van der Waals surface area contributed by atoms with Gasteiger partial charge in [0.2, 0.25) is 0 Å². The van der Waals surface area contributed by atoms with Crippen LogP contribution < -0.4 is 5.73 Å². The summed E-state index contributed by atoms with van der Waals surface area (Å²) < 4.78 is 35.6. The minimum Gasteiger partial charge on any atom is -0.314 e. The Hall–Kier alpha value is -0.620. The molecule has 0 saturated carbocycles. The highest BCUT2D eigenvalue weighted by molar-refractivity contribution is 7.09. The smallest absolute Gasteiger partial charge is 0.314 e. The van der Waals surface area contributed by atoms with Crippen molar-refractivity contribution in [1.29, 1.82) is 0 Å². The Bertz CT molecular complexity index is 218. The lowest BCUT2D eigenvalue weighted by molar-refractivity contribution is -0.149. The molecule has 62 valence electrons. The Morgan fingerprint density at radius 1 is 1.55 bits per heavy atom. The molecule has 0 radical (unpaired) electrons. The van der Waals surface area contributed by atoms with Gasteiger partial charge in [-0.05, 0) is 0 Å². The topological polar surface area (TPSA) is 38.9 Å². The monoisotopic (exact) mass is 182 g/mol. The molecule has 0 aliphatic carbocycles. The minimum atomic E-state index is -4.39. The SMILES string of the molecule is N[C@H](c1nccs1)C(F)(F)F. The van der Waals surface area contributed by atoms with E-state index in [1.54, 1.807) is 0 Å². The zero-order valence-corrected chi connectivity index (χ0v) is 6.12. The summed E-state index contributed by atoms with van der Waals surface area (Å²) in [5.74, 6) is 0. The van der Waals surface area contributed by atoms with Crippen molar-refractivity contribution in [1.82, 2.24) is 4.98 Å². The van der Waals surface area contributed by atoms with Gasteiger partial charge in [0.25, 0.3) is 0 Å². The van der Waals surface area contributed by atoms with Gasteiger partial charge in [0.1, 0.15) is 5.01 Å². The van der Waals surface area contributed by atoms with Gasteiger partial charge < -0.3 is 5.73 Å². The number of hydrogen-bond donors (Lipinski definition) is 1. The summed E-state index contributed by atoms with van der Waals surface area (Å²) >= 11 is 0.902. The summed E-state index contributed by atoms with van der Waals surface area (Å²) in [4.78, 5) is 3.46.